The molecule has 1 heterocycles. The zero-order valence-electron chi connectivity index (χ0n) is 14.2. The minimum atomic E-state index is -0.0127. The third kappa shape index (κ3) is 5.98. The summed E-state index contributed by atoms with van der Waals surface area (Å²) in [5.74, 6) is 0.0203. The van der Waals surface area contributed by atoms with Gasteiger partial charge >= 0.3 is 0 Å². The van der Waals surface area contributed by atoms with Gasteiger partial charge in [0.15, 0.2) is 0 Å². The molecule has 1 aromatic carbocycles. The van der Waals surface area contributed by atoms with Gasteiger partial charge in [-0.3, -0.25) is 14.5 Å². The summed E-state index contributed by atoms with van der Waals surface area (Å²) in [4.78, 5) is 27.9. The molecule has 1 aliphatic heterocycles. The summed E-state index contributed by atoms with van der Waals surface area (Å²) in [6, 6.07) is 7.53. The van der Waals surface area contributed by atoms with Crippen molar-refractivity contribution in [1.82, 2.24) is 15.1 Å². The van der Waals surface area contributed by atoms with E-state index < -0.39 is 0 Å². The standard InChI is InChI=1S/C18H24ClN3O2/c1-14(2)20-17(23)13-21-8-10-22(11-9-21)18(24)7-6-15-4-3-5-16(19)12-15/h3-7,12,14H,8-11,13H2,1-2H3,(H,20,23)/b7-6+. The fourth-order valence-electron chi connectivity index (χ4n) is 2.58. The molecule has 0 spiro atoms. The average Bonchev–Trinajstić information content (AvgIpc) is 2.52. The predicted molar refractivity (Wildman–Crippen MR) is 96.8 cm³/mol. The van der Waals surface area contributed by atoms with Crippen LogP contribution in [0.2, 0.25) is 5.02 Å². The van der Waals surface area contributed by atoms with E-state index in [1.165, 1.54) is 0 Å². The highest BCUT2D eigenvalue weighted by Gasteiger charge is 2.21. The number of nitrogens with zero attached hydrogens (tertiary/aromatic N) is 2. The van der Waals surface area contributed by atoms with Crippen LogP contribution < -0.4 is 5.32 Å². The van der Waals surface area contributed by atoms with Crippen LogP contribution >= 0.6 is 11.6 Å². The Labute approximate surface area is 148 Å². The number of halogens is 1. The van der Waals surface area contributed by atoms with Crippen LogP contribution in [0.15, 0.2) is 30.3 Å². The third-order valence-corrected chi connectivity index (χ3v) is 4.00. The van der Waals surface area contributed by atoms with Crippen LogP contribution in [0.1, 0.15) is 19.4 Å². The summed E-state index contributed by atoms with van der Waals surface area (Å²) < 4.78 is 0. The number of rotatable bonds is 5. The van der Waals surface area contributed by atoms with Crippen LogP contribution in [0.3, 0.4) is 0 Å². The van der Waals surface area contributed by atoms with E-state index in [4.69, 9.17) is 11.6 Å². The highest BCUT2D eigenvalue weighted by Crippen LogP contribution is 2.12. The topological polar surface area (TPSA) is 52.7 Å². The molecule has 1 saturated heterocycles. The highest BCUT2D eigenvalue weighted by atomic mass is 35.5. The van der Waals surface area contributed by atoms with E-state index in [1.54, 1.807) is 23.1 Å². The lowest BCUT2D eigenvalue weighted by Crippen LogP contribution is -2.51. The van der Waals surface area contributed by atoms with Gasteiger partial charge in [-0.2, -0.15) is 0 Å². The summed E-state index contributed by atoms with van der Waals surface area (Å²) in [7, 11) is 0. The van der Waals surface area contributed by atoms with Crippen molar-refractivity contribution in [3.63, 3.8) is 0 Å². The van der Waals surface area contributed by atoms with Crippen molar-refractivity contribution in [3.05, 3.63) is 40.9 Å². The van der Waals surface area contributed by atoms with Crippen LogP contribution in [0, 0.1) is 0 Å². The molecule has 2 rings (SSSR count). The van der Waals surface area contributed by atoms with E-state index in [0.29, 0.717) is 37.7 Å². The Bertz CT molecular complexity index is 608. The van der Waals surface area contributed by atoms with E-state index in [0.717, 1.165) is 5.56 Å². The number of benzene rings is 1. The highest BCUT2D eigenvalue weighted by molar-refractivity contribution is 6.30. The number of nitrogens with one attached hydrogen (secondary N) is 1. The average molecular weight is 350 g/mol. The van der Waals surface area contributed by atoms with E-state index in [-0.39, 0.29) is 17.9 Å². The molecule has 0 aliphatic carbocycles. The Morgan fingerprint density at radius 2 is 1.96 bits per heavy atom. The SMILES string of the molecule is CC(C)NC(=O)CN1CCN(C(=O)/C=C/c2cccc(Cl)c2)CC1. The second-order valence-electron chi connectivity index (χ2n) is 6.21. The van der Waals surface area contributed by atoms with Crippen molar-refractivity contribution in [2.45, 2.75) is 19.9 Å². The first-order valence-corrected chi connectivity index (χ1v) is 8.56. The summed E-state index contributed by atoms with van der Waals surface area (Å²) in [6.45, 7) is 6.96. The number of hydrogen-bond donors (Lipinski definition) is 1. The van der Waals surface area contributed by atoms with E-state index >= 15 is 0 Å². The number of amides is 2. The second kappa shape index (κ2) is 8.85. The summed E-state index contributed by atoms with van der Waals surface area (Å²) in [5, 5.41) is 3.53. The normalized spacial score (nSPS) is 15.9. The Kier molecular flexibility index (Phi) is 6.82. The number of carbonyl (C=O) groups is 2. The first kappa shape index (κ1) is 18.5. The lowest BCUT2D eigenvalue weighted by Gasteiger charge is -2.33. The van der Waals surface area contributed by atoms with Gasteiger partial charge in [-0.25, -0.2) is 0 Å². The fraction of sp³-hybridized carbons (Fsp3) is 0.444. The van der Waals surface area contributed by atoms with Crippen molar-refractivity contribution in [2.75, 3.05) is 32.7 Å². The molecule has 24 heavy (non-hydrogen) atoms. The molecule has 0 saturated carbocycles. The number of carbonyl (C=O) groups excluding carboxylic acids is 2. The van der Waals surface area contributed by atoms with Gasteiger partial charge in [0, 0.05) is 43.3 Å². The molecule has 2 amide bonds. The molecule has 1 fully saturated rings. The molecule has 0 bridgehead atoms. The predicted octanol–water partition coefficient (Wildman–Crippen LogP) is 2.02. The fourth-order valence-corrected chi connectivity index (χ4v) is 2.78. The molecular formula is C18H24ClN3O2. The van der Waals surface area contributed by atoms with Gasteiger partial charge in [-0.15, -0.1) is 0 Å². The molecule has 1 aliphatic rings. The van der Waals surface area contributed by atoms with Gasteiger partial charge in [0.1, 0.15) is 0 Å². The second-order valence-corrected chi connectivity index (χ2v) is 6.65. The summed E-state index contributed by atoms with van der Waals surface area (Å²) in [6.07, 6.45) is 3.35. The monoisotopic (exact) mass is 349 g/mol. The van der Waals surface area contributed by atoms with Crippen molar-refractivity contribution < 1.29 is 9.59 Å². The Balaban J connectivity index is 1.79. The maximum atomic E-state index is 12.2. The Morgan fingerprint density at radius 1 is 1.25 bits per heavy atom. The maximum Gasteiger partial charge on any atom is 0.246 e. The smallest absolute Gasteiger partial charge is 0.246 e. The quantitative estimate of drug-likeness (QED) is 0.827. The summed E-state index contributed by atoms with van der Waals surface area (Å²) >= 11 is 5.93. The van der Waals surface area contributed by atoms with Gasteiger partial charge in [-0.05, 0) is 37.6 Å². The molecule has 0 radical (unpaired) electrons. The van der Waals surface area contributed by atoms with Crippen LogP contribution in [-0.4, -0.2) is 60.4 Å². The summed E-state index contributed by atoms with van der Waals surface area (Å²) in [5.41, 5.74) is 0.903. The minimum absolute atomic E-state index is 0.0127. The molecule has 130 valence electrons. The maximum absolute atomic E-state index is 12.2. The first-order chi connectivity index (χ1) is 11.4. The van der Waals surface area contributed by atoms with Gasteiger partial charge in [0.2, 0.25) is 11.8 Å². The van der Waals surface area contributed by atoms with Gasteiger partial charge in [0.25, 0.3) is 0 Å². The largest absolute Gasteiger partial charge is 0.353 e. The molecular weight excluding hydrogens is 326 g/mol. The van der Waals surface area contributed by atoms with Crippen LogP contribution in [0.5, 0.6) is 0 Å². The van der Waals surface area contributed by atoms with Crippen molar-refractivity contribution >= 4 is 29.5 Å². The van der Waals surface area contributed by atoms with E-state index in [1.807, 2.05) is 32.0 Å². The van der Waals surface area contributed by atoms with Crippen molar-refractivity contribution in [3.8, 4) is 0 Å². The van der Waals surface area contributed by atoms with Gasteiger partial charge < -0.3 is 10.2 Å². The number of piperazine rings is 1. The van der Waals surface area contributed by atoms with E-state index in [9.17, 15) is 9.59 Å². The van der Waals surface area contributed by atoms with Crippen molar-refractivity contribution in [2.24, 2.45) is 0 Å². The van der Waals surface area contributed by atoms with Gasteiger partial charge in [0.05, 0.1) is 6.54 Å². The molecule has 1 N–H and O–H groups in total. The van der Waals surface area contributed by atoms with Crippen molar-refractivity contribution in [1.29, 1.82) is 0 Å². The molecule has 0 aromatic heterocycles. The van der Waals surface area contributed by atoms with Gasteiger partial charge in [-0.1, -0.05) is 23.7 Å². The van der Waals surface area contributed by atoms with Crippen LogP contribution in [-0.2, 0) is 9.59 Å². The molecule has 1 aromatic rings. The Morgan fingerprint density at radius 3 is 2.58 bits per heavy atom. The molecule has 0 atom stereocenters. The third-order valence-electron chi connectivity index (χ3n) is 3.77. The Hall–Kier alpha value is -1.85. The van der Waals surface area contributed by atoms with E-state index in [2.05, 4.69) is 10.2 Å². The number of hydrogen-bond acceptors (Lipinski definition) is 3. The first-order valence-electron chi connectivity index (χ1n) is 8.18. The molecule has 5 nitrogen and oxygen atoms in total. The molecule has 0 unspecified atom stereocenters. The zero-order valence-corrected chi connectivity index (χ0v) is 14.9. The van der Waals surface area contributed by atoms with Crippen LogP contribution in [0.25, 0.3) is 6.08 Å². The van der Waals surface area contributed by atoms with Crippen LogP contribution in [0.4, 0.5) is 0 Å². The lowest BCUT2D eigenvalue weighted by molar-refractivity contribution is -0.128. The molecule has 6 heteroatoms. The minimum Gasteiger partial charge on any atom is -0.353 e. The lowest BCUT2D eigenvalue weighted by atomic mass is 10.2. The zero-order chi connectivity index (χ0) is 17.5.